The quantitative estimate of drug-likeness (QED) is 0.594. The second-order valence-corrected chi connectivity index (χ2v) is 5.50. The lowest BCUT2D eigenvalue weighted by Crippen LogP contribution is -2.32. The van der Waals surface area contributed by atoms with Crippen LogP contribution in [0.5, 0.6) is 0 Å². The lowest BCUT2D eigenvalue weighted by molar-refractivity contribution is 0.0897. The molecule has 0 spiro atoms. The topological polar surface area (TPSA) is 60.8 Å². The summed E-state index contributed by atoms with van der Waals surface area (Å²) in [6.07, 6.45) is 3.22. The molecule has 3 rings (SSSR count). The van der Waals surface area contributed by atoms with Crippen LogP contribution in [0.4, 0.5) is 0 Å². The maximum Gasteiger partial charge on any atom is 0.488 e. The smallest absolute Gasteiger partial charge is 0.423 e. The molecule has 2 atom stereocenters. The number of hydrogen-bond donors (Lipinski definition) is 2. The van der Waals surface area contributed by atoms with Crippen LogP contribution in [0.15, 0.2) is 24.3 Å². The van der Waals surface area contributed by atoms with Crippen LogP contribution >= 0.6 is 0 Å². The molecule has 4 nitrogen and oxygen atoms in total. The second kappa shape index (κ2) is 5.08. The summed E-state index contributed by atoms with van der Waals surface area (Å²) in [7, 11) is -1.51. The van der Waals surface area contributed by atoms with Crippen LogP contribution in [-0.2, 0) is 0 Å². The molecule has 2 saturated heterocycles. The number of hydrogen-bond acceptors (Lipinski definition) is 4. The van der Waals surface area contributed by atoms with Gasteiger partial charge in [0, 0.05) is 17.5 Å². The van der Waals surface area contributed by atoms with E-state index in [2.05, 4.69) is 4.90 Å². The number of ketones is 1. The fourth-order valence-electron chi connectivity index (χ4n) is 3.45. The molecule has 2 N–H and O–H groups in total. The van der Waals surface area contributed by atoms with Gasteiger partial charge in [-0.2, -0.15) is 0 Å². The second-order valence-electron chi connectivity index (χ2n) is 5.50. The van der Waals surface area contributed by atoms with Crippen LogP contribution in [0.1, 0.15) is 29.6 Å². The largest absolute Gasteiger partial charge is 0.488 e. The minimum Gasteiger partial charge on any atom is -0.423 e. The van der Waals surface area contributed by atoms with E-state index in [0.29, 0.717) is 17.1 Å². The molecule has 2 aliphatic heterocycles. The maximum absolute atomic E-state index is 12.6. The lowest BCUT2D eigenvalue weighted by atomic mass is 9.78. The molecule has 2 fully saturated rings. The van der Waals surface area contributed by atoms with Crippen LogP contribution in [0.2, 0.25) is 0 Å². The number of nitrogens with zero attached hydrogens (tertiary/aromatic N) is 1. The fourth-order valence-corrected chi connectivity index (χ4v) is 3.45. The normalized spacial score (nSPS) is 26.4. The minimum atomic E-state index is -1.51. The Morgan fingerprint density at radius 2 is 2.11 bits per heavy atom. The Hall–Kier alpha value is -1.17. The van der Waals surface area contributed by atoms with E-state index in [1.165, 1.54) is 6.42 Å². The van der Waals surface area contributed by atoms with Crippen LogP contribution in [0.25, 0.3) is 0 Å². The molecule has 2 unspecified atom stereocenters. The minimum absolute atomic E-state index is 0.0774. The Kier molecular flexibility index (Phi) is 3.43. The van der Waals surface area contributed by atoms with E-state index in [9.17, 15) is 14.8 Å². The van der Waals surface area contributed by atoms with Gasteiger partial charge in [0.05, 0.1) is 0 Å². The Bertz CT molecular complexity index is 491. The van der Waals surface area contributed by atoms with Crippen LogP contribution in [0.3, 0.4) is 0 Å². The lowest BCUT2D eigenvalue weighted by Gasteiger charge is -2.19. The molecule has 0 bridgehead atoms. The van der Waals surface area contributed by atoms with Crippen molar-refractivity contribution in [2.75, 3.05) is 13.1 Å². The fraction of sp³-hybridized carbons (Fsp3) is 0.500. The van der Waals surface area contributed by atoms with E-state index >= 15 is 0 Å². The summed E-state index contributed by atoms with van der Waals surface area (Å²) < 4.78 is 0. The van der Waals surface area contributed by atoms with Crippen molar-refractivity contribution in [3.63, 3.8) is 0 Å². The zero-order valence-electron chi connectivity index (χ0n) is 10.8. The molecule has 19 heavy (non-hydrogen) atoms. The maximum atomic E-state index is 12.6. The van der Waals surface area contributed by atoms with Gasteiger partial charge in [-0.15, -0.1) is 0 Å². The molecule has 0 radical (unpaired) electrons. The molecule has 0 aromatic heterocycles. The van der Waals surface area contributed by atoms with Gasteiger partial charge in [-0.1, -0.05) is 24.3 Å². The van der Waals surface area contributed by atoms with Crippen molar-refractivity contribution < 1.29 is 14.8 Å². The number of carbonyl (C=O) groups excluding carboxylic acids is 1. The van der Waals surface area contributed by atoms with Gasteiger partial charge in [0.15, 0.2) is 5.78 Å². The van der Waals surface area contributed by atoms with Crippen molar-refractivity contribution in [3.8, 4) is 0 Å². The Morgan fingerprint density at radius 3 is 2.89 bits per heavy atom. The third-order valence-electron chi connectivity index (χ3n) is 4.41. The van der Waals surface area contributed by atoms with Crippen LogP contribution < -0.4 is 5.46 Å². The number of fused-ring (bicyclic) bond motifs is 1. The molecule has 1 aromatic carbocycles. The van der Waals surface area contributed by atoms with Crippen molar-refractivity contribution >= 4 is 18.4 Å². The number of carbonyl (C=O) groups is 1. The van der Waals surface area contributed by atoms with E-state index in [1.807, 2.05) is 0 Å². The van der Waals surface area contributed by atoms with Gasteiger partial charge in [-0.05, 0) is 37.8 Å². The van der Waals surface area contributed by atoms with Gasteiger partial charge in [0.25, 0.3) is 0 Å². The average Bonchev–Trinajstić information content (AvgIpc) is 3.00. The summed E-state index contributed by atoms with van der Waals surface area (Å²) in [5.74, 6) is 0.227. The van der Waals surface area contributed by atoms with Gasteiger partial charge >= 0.3 is 7.12 Å². The summed E-state index contributed by atoms with van der Waals surface area (Å²) in [6.45, 7) is 2.13. The van der Waals surface area contributed by atoms with Gasteiger partial charge in [0.2, 0.25) is 0 Å². The summed E-state index contributed by atoms with van der Waals surface area (Å²) in [5.41, 5.74) is 0.983. The number of rotatable bonds is 3. The molecule has 100 valence electrons. The first-order valence-corrected chi connectivity index (χ1v) is 6.91. The Balaban J connectivity index is 1.82. The van der Waals surface area contributed by atoms with Crippen molar-refractivity contribution in [1.82, 2.24) is 4.90 Å². The van der Waals surface area contributed by atoms with E-state index in [-0.39, 0.29) is 11.7 Å². The highest BCUT2D eigenvalue weighted by Crippen LogP contribution is 2.34. The average molecular weight is 259 g/mol. The first-order chi connectivity index (χ1) is 9.16. The van der Waals surface area contributed by atoms with Gasteiger partial charge < -0.3 is 10.0 Å². The first kappa shape index (κ1) is 12.8. The highest BCUT2D eigenvalue weighted by molar-refractivity contribution is 6.58. The molecule has 0 amide bonds. The monoisotopic (exact) mass is 259 g/mol. The van der Waals surface area contributed by atoms with Gasteiger partial charge in [-0.3, -0.25) is 9.69 Å². The summed E-state index contributed by atoms with van der Waals surface area (Å²) >= 11 is 0. The third-order valence-corrected chi connectivity index (χ3v) is 4.41. The molecular formula is C14H18BNO3. The summed E-state index contributed by atoms with van der Waals surface area (Å²) in [5, 5.41) is 18.4. The third kappa shape index (κ3) is 2.33. The predicted molar refractivity (Wildman–Crippen MR) is 73.3 cm³/mol. The van der Waals surface area contributed by atoms with E-state index < -0.39 is 7.12 Å². The molecule has 5 heteroatoms. The molecule has 1 aromatic rings. The van der Waals surface area contributed by atoms with E-state index in [0.717, 1.165) is 25.9 Å². The zero-order chi connectivity index (χ0) is 13.4. The Labute approximate surface area is 113 Å². The van der Waals surface area contributed by atoms with Crippen molar-refractivity contribution in [2.45, 2.75) is 25.3 Å². The van der Waals surface area contributed by atoms with E-state index in [4.69, 9.17) is 0 Å². The highest BCUT2D eigenvalue weighted by Gasteiger charge is 2.41. The Morgan fingerprint density at radius 1 is 1.26 bits per heavy atom. The standard InChI is InChI=1S/C14H18BNO3/c17-14(10-3-1-4-11(9-10)15(18)19)12-6-8-16-7-2-5-13(12)16/h1,3-4,9,12-13,18-19H,2,5-8H2. The van der Waals surface area contributed by atoms with Crippen molar-refractivity contribution in [1.29, 1.82) is 0 Å². The first-order valence-electron chi connectivity index (χ1n) is 6.91. The molecule has 0 aliphatic carbocycles. The molecule has 2 aliphatic rings. The number of Topliss-reactive ketones (excluding diaryl/α,β-unsaturated/α-hetero) is 1. The van der Waals surface area contributed by atoms with Crippen molar-refractivity contribution in [2.24, 2.45) is 5.92 Å². The molecular weight excluding hydrogens is 241 g/mol. The highest BCUT2D eigenvalue weighted by atomic mass is 16.4. The molecule has 0 saturated carbocycles. The van der Waals surface area contributed by atoms with Crippen molar-refractivity contribution in [3.05, 3.63) is 29.8 Å². The predicted octanol–water partition coefficient (Wildman–Crippen LogP) is 0.0334. The molecule has 2 heterocycles. The summed E-state index contributed by atoms with van der Waals surface area (Å²) in [6, 6.07) is 7.10. The van der Waals surface area contributed by atoms with Crippen LogP contribution in [0, 0.1) is 5.92 Å². The number of benzene rings is 1. The van der Waals surface area contributed by atoms with Crippen LogP contribution in [-0.4, -0.2) is 47.0 Å². The SMILES string of the molecule is O=C(c1cccc(B(O)O)c1)C1CCN2CCCC12. The summed E-state index contributed by atoms with van der Waals surface area (Å²) in [4.78, 5) is 15.0. The van der Waals surface area contributed by atoms with Gasteiger partial charge in [-0.25, -0.2) is 0 Å². The zero-order valence-corrected chi connectivity index (χ0v) is 10.8. The van der Waals surface area contributed by atoms with E-state index in [1.54, 1.807) is 24.3 Å². The van der Waals surface area contributed by atoms with Gasteiger partial charge in [0.1, 0.15) is 0 Å².